The van der Waals surface area contributed by atoms with Crippen molar-refractivity contribution in [3.63, 3.8) is 0 Å². The molecule has 0 aliphatic heterocycles. The fraction of sp³-hybridized carbons (Fsp3) is 0.429. The van der Waals surface area contributed by atoms with Gasteiger partial charge in [-0.15, -0.1) is 0 Å². The Morgan fingerprint density at radius 2 is 1.65 bits per heavy atom. The van der Waals surface area contributed by atoms with Crippen molar-refractivity contribution >= 4 is 0 Å². The van der Waals surface area contributed by atoms with Gasteiger partial charge in [-0.25, -0.2) is 8.78 Å². The fourth-order valence-corrected chi connectivity index (χ4v) is 3.57. The summed E-state index contributed by atoms with van der Waals surface area (Å²) in [5.41, 5.74) is 4.65. The first-order valence-electron chi connectivity index (χ1n) is 8.73. The van der Waals surface area contributed by atoms with Crippen LogP contribution in [-0.2, 0) is 19.3 Å². The Balaban J connectivity index is 1.69. The summed E-state index contributed by atoms with van der Waals surface area (Å²) in [5.74, 6) is -1.04. The largest absolute Gasteiger partial charge is 0.204 e. The number of benzene rings is 2. The van der Waals surface area contributed by atoms with Crippen LogP contribution in [0, 0.1) is 11.6 Å². The van der Waals surface area contributed by atoms with Crippen LogP contribution in [0.1, 0.15) is 60.8 Å². The molecular formula is C21H24F2. The molecule has 2 heteroatoms. The van der Waals surface area contributed by atoms with Crippen molar-refractivity contribution in [1.82, 2.24) is 0 Å². The lowest BCUT2D eigenvalue weighted by molar-refractivity contribution is 0.496. The third kappa shape index (κ3) is 3.80. The average Bonchev–Trinajstić information content (AvgIpc) is 2.56. The lowest BCUT2D eigenvalue weighted by atomic mass is 9.80. The van der Waals surface area contributed by atoms with E-state index >= 15 is 0 Å². The zero-order chi connectivity index (χ0) is 16.2. The summed E-state index contributed by atoms with van der Waals surface area (Å²) in [7, 11) is 0. The monoisotopic (exact) mass is 314 g/mol. The van der Waals surface area contributed by atoms with Crippen molar-refractivity contribution in [1.29, 1.82) is 0 Å². The number of rotatable bonds is 5. The minimum absolute atomic E-state index is 0.414. The number of fused-ring (bicyclic) bond motifs is 1. The van der Waals surface area contributed by atoms with Gasteiger partial charge in [0.1, 0.15) is 0 Å². The van der Waals surface area contributed by atoms with Crippen LogP contribution in [0.15, 0.2) is 36.4 Å². The lowest BCUT2D eigenvalue weighted by Gasteiger charge is -2.25. The van der Waals surface area contributed by atoms with Gasteiger partial charge in [-0.2, -0.15) is 0 Å². The molecule has 0 heterocycles. The smallest absolute Gasteiger partial charge is 0.159 e. The molecule has 0 amide bonds. The molecule has 0 aromatic heterocycles. The van der Waals surface area contributed by atoms with Gasteiger partial charge in [0.05, 0.1) is 0 Å². The van der Waals surface area contributed by atoms with Crippen molar-refractivity contribution in [3.05, 3.63) is 70.3 Å². The van der Waals surface area contributed by atoms with Crippen molar-refractivity contribution in [3.8, 4) is 0 Å². The van der Waals surface area contributed by atoms with E-state index in [1.165, 1.54) is 42.5 Å². The Bertz CT molecular complexity index is 658. The van der Waals surface area contributed by atoms with E-state index in [0.717, 1.165) is 36.8 Å². The van der Waals surface area contributed by atoms with Gasteiger partial charge in [-0.1, -0.05) is 44.0 Å². The lowest BCUT2D eigenvalue weighted by Crippen LogP contribution is -2.13. The van der Waals surface area contributed by atoms with E-state index in [0.29, 0.717) is 5.92 Å². The minimum atomic E-state index is -0.726. The van der Waals surface area contributed by atoms with E-state index in [4.69, 9.17) is 0 Å². The van der Waals surface area contributed by atoms with E-state index in [-0.39, 0.29) is 0 Å². The highest BCUT2D eigenvalue weighted by Gasteiger charge is 2.22. The van der Waals surface area contributed by atoms with E-state index < -0.39 is 11.6 Å². The molecule has 0 saturated heterocycles. The molecule has 1 aliphatic rings. The van der Waals surface area contributed by atoms with Gasteiger partial charge in [0, 0.05) is 0 Å². The maximum atomic E-state index is 13.5. The number of hydrogen-bond donors (Lipinski definition) is 0. The Labute approximate surface area is 137 Å². The van der Waals surface area contributed by atoms with E-state index in [2.05, 4.69) is 31.2 Å². The SMILES string of the molecule is CCCCCc1ccc(C2CCc3cc(F)c(F)cc3C2)cc1. The predicted molar refractivity (Wildman–Crippen MR) is 90.8 cm³/mol. The second kappa shape index (κ2) is 7.25. The highest BCUT2D eigenvalue weighted by molar-refractivity contribution is 5.35. The quantitative estimate of drug-likeness (QED) is 0.596. The standard InChI is InChI=1S/C21H24F2/c1-2-3-4-5-15-6-8-16(9-7-15)17-10-11-18-13-20(22)21(23)14-19(18)12-17/h6-9,13-14,17H,2-5,10-12H2,1H3. The van der Waals surface area contributed by atoms with E-state index in [9.17, 15) is 8.78 Å². The highest BCUT2D eigenvalue weighted by atomic mass is 19.2. The Morgan fingerprint density at radius 3 is 2.35 bits per heavy atom. The summed E-state index contributed by atoms with van der Waals surface area (Å²) in [4.78, 5) is 0. The Kier molecular flexibility index (Phi) is 5.09. The molecule has 0 saturated carbocycles. The molecule has 2 aromatic carbocycles. The molecule has 1 atom stereocenters. The summed E-state index contributed by atoms with van der Waals surface area (Å²) in [5, 5.41) is 0. The first kappa shape index (κ1) is 16.2. The van der Waals surface area contributed by atoms with Crippen LogP contribution in [-0.4, -0.2) is 0 Å². The van der Waals surface area contributed by atoms with Crippen LogP contribution in [0.3, 0.4) is 0 Å². The van der Waals surface area contributed by atoms with Gasteiger partial charge in [-0.3, -0.25) is 0 Å². The molecule has 1 aliphatic carbocycles. The van der Waals surface area contributed by atoms with Gasteiger partial charge < -0.3 is 0 Å². The zero-order valence-electron chi connectivity index (χ0n) is 13.7. The van der Waals surface area contributed by atoms with Gasteiger partial charge >= 0.3 is 0 Å². The summed E-state index contributed by atoms with van der Waals surface area (Å²) in [6.07, 6.45) is 7.56. The number of halogens is 2. The first-order valence-corrected chi connectivity index (χ1v) is 8.73. The molecule has 0 fully saturated rings. The normalized spacial score (nSPS) is 17.1. The maximum absolute atomic E-state index is 13.5. The van der Waals surface area contributed by atoms with Gasteiger partial charge in [0.2, 0.25) is 0 Å². The molecular weight excluding hydrogens is 290 g/mol. The molecule has 1 unspecified atom stereocenters. The molecule has 3 rings (SSSR count). The molecule has 23 heavy (non-hydrogen) atoms. The van der Waals surface area contributed by atoms with Crippen LogP contribution in [0.4, 0.5) is 8.78 Å². The van der Waals surface area contributed by atoms with Crippen LogP contribution >= 0.6 is 0 Å². The van der Waals surface area contributed by atoms with Crippen LogP contribution in [0.5, 0.6) is 0 Å². The van der Waals surface area contributed by atoms with Gasteiger partial charge in [0.15, 0.2) is 11.6 Å². The zero-order valence-corrected chi connectivity index (χ0v) is 13.7. The predicted octanol–water partition coefficient (Wildman–Crippen LogP) is 5.97. The number of unbranched alkanes of at least 4 members (excludes halogenated alkanes) is 2. The van der Waals surface area contributed by atoms with Crippen molar-refractivity contribution in [2.24, 2.45) is 0 Å². The van der Waals surface area contributed by atoms with Crippen LogP contribution < -0.4 is 0 Å². The molecule has 0 bridgehead atoms. The highest BCUT2D eigenvalue weighted by Crippen LogP contribution is 2.33. The molecule has 0 radical (unpaired) electrons. The maximum Gasteiger partial charge on any atom is 0.159 e. The van der Waals surface area contributed by atoms with Crippen molar-refractivity contribution in [2.45, 2.75) is 57.8 Å². The van der Waals surface area contributed by atoms with E-state index in [1.807, 2.05) is 0 Å². The second-order valence-corrected chi connectivity index (χ2v) is 6.67. The molecule has 122 valence electrons. The van der Waals surface area contributed by atoms with Crippen molar-refractivity contribution in [2.75, 3.05) is 0 Å². The van der Waals surface area contributed by atoms with Gasteiger partial charge in [0.25, 0.3) is 0 Å². The molecule has 0 spiro atoms. The summed E-state index contributed by atoms with van der Waals surface area (Å²) >= 11 is 0. The third-order valence-electron chi connectivity index (χ3n) is 4.99. The fourth-order valence-electron chi connectivity index (χ4n) is 3.57. The number of hydrogen-bond acceptors (Lipinski definition) is 0. The number of aryl methyl sites for hydroxylation is 2. The van der Waals surface area contributed by atoms with Crippen LogP contribution in [0.25, 0.3) is 0 Å². The minimum Gasteiger partial charge on any atom is -0.204 e. The molecule has 0 N–H and O–H groups in total. The van der Waals surface area contributed by atoms with Crippen LogP contribution in [0.2, 0.25) is 0 Å². The summed E-state index contributed by atoms with van der Waals surface area (Å²) in [6, 6.07) is 11.7. The average molecular weight is 314 g/mol. The molecule has 0 nitrogen and oxygen atoms in total. The summed E-state index contributed by atoms with van der Waals surface area (Å²) in [6.45, 7) is 2.22. The first-order chi connectivity index (χ1) is 11.2. The molecule has 2 aromatic rings. The summed E-state index contributed by atoms with van der Waals surface area (Å²) < 4.78 is 26.8. The Morgan fingerprint density at radius 1 is 0.957 bits per heavy atom. The van der Waals surface area contributed by atoms with E-state index in [1.54, 1.807) is 0 Å². The Hall–Kier alpha value is -1.70. The topological polar surface area (TPSA) is 0 Å². The van der Waals surface area contributed by atoms with Gasteiger partial charge in [-0.05, 0) is 72.4 Å². The second-order valence-electron chi connectivity index (χ2n) is 6.67. The third-order valence-corrected chi connectivity index (χ3v) is 4.99. The van der Waals surface area contributed by atoms with Crippen molar-refractivity contribution < 1.29 is 8.78 Å².